The number of piperazine rings is 1. The molecule has 0 unspecified atom stereocenters. The first-order valence-corrected chi connectivity index (χ1v) is 11.9. The quantitative estimate of drug-likeness (QED) is 0.552. The number of fused-ring (bicyclic) bond motifs is 1. The molecule has 0 saturated carbocycles. The molecule has 170 valence electrons. The maximum absolute atomic E-state index is 14.4. The van der Waals surface area contributed by atoms with E-state index in [0.29, 0.717) is 22.4 Å². The van der Waals surface area contributed by atoms with E-state index in [2.05, 4.69) is 46.3 Å². The van der Waals surface area contributed by atoms with Crippen LogP contribution in [0.25, 0.3) is 10.1 Å². The van der Waals surface area contributed by atoms with Gasteiger partial charge in [-0.05, 0) is 29.8 Å². The van der Waals surface area contributed by atoms with Gasteiger partial charge < -0.3 is 15.0 Å². The minimum absolute atomic E-state index is 0.199. The number of rotatable bonds is 8. The summed E-state index contributed by atoms with van der Waals surface area (Å²) in [7, 11) is 1.55. The van der Waals surface area contributed by atoms with Crippen molar-refractivity contribution >= 4 is 27.3 Å². The Balaban J connectivity index is 1.37. The van der Waals surface area contributed by atoms with E-state index < -0.39 is 0 Å². The Labute approximate surface area is 192 Å². The van der Waals surface area contributed by atoms with Crippen LogP contribution in [0.5, 0.6) is 0 Å². The lowest BCUT2D eigenvalue weighted by molar-refractivity contribution is 0.0950. The van der Waals surface area contributed by atoms with Crippen LogP contribution in [0.4, 0.5) is 4.39 Å². The fraction of sp³-hybridized carbons (Fsp3) is 0.400. The number of halogens is 1. The van der Waals surface area contributed by atoms with Crippen LogP contribution < -0.4 is 5.32 Å². The molecule has 1 aliphatic rings. The molecular weight excluding hydrogens is 425 g/mol. The van der Waals surface area contributed by atoms with E-state index in [9.17, 15) is 9.18 Å². The van der Waals surface area contributed by atoms with E-state index >= 15 is 0 Å². The monoisotopic (exact) mass is 455 g/mol. The summed E-state index contributed by atoms with van der Waals surface area (Å²) in [5.41, 5.74) is 2.94. The number of nitrogens with zero attached hydrogens (tertiary/aromatic N) is 2. The van der Waals surface area contributed by atoms with E-state index in [4.69, 9.17) is 4.74 Å². The van der Waals surface area contributed by atoms with Crippen molar-refractivity contribution in [2.45, 2.75) is 26.6 Å². The molecular formula is C25H30FN3O2S. The second-order valence-corrected chi connectivity index (χ2v) is 9.22. The number of thiophene rings is 1. The van der Waals surface area contributed by atoms with Crippen LogP contribution >= 0.6 is 11.3 Å². The molecule has 0 aliphatic carbocycles. The summed E-state index contributed by atoms with van der Waals surface area (Å²) in [6.45, 7) is 9.39. The predicted molar refractivity (Wildman–Crippen MR) is 127 cm³/mol. The van der Waals surface area contributed by atoms with Crippen LogP contribution in [0.2, 0.25) is 0 Å². The van der Waals surface area contributed by atoms with Crippen molar-refractivity contribution in [1.82, 2.24) is 15.1 Å². The standard InChI is InChI=1S/C25H30FN3O2S/c1-3-28-11-13-29(14-12-28)16-19-9-7-18(8-10-19)15-27-25(30)24-20(17-31-2)23-21(26)5-4-6-22(23)32-24/h4-10H,3,11-17H2,1-2H3,(H,27,30). The van der Waals surface area contributed by atoms with Gasteiger partial charge in [-0.3, -0.25) is 9.69 Å². The number of ether oxygens (including phenoxy) is 1. The molecule has 1 aromatic heterocycles. The number of likely N-dealkylation sites (N-methyl/N-ethyl adjacent to an activating group) is 1. The molecule has 2 aromatic carbocycles. The largest absolute Gasteiger partial charge is 0.380 e. The summed E-state index contributed by atoms with van der Waals surface area (Å²) < 4.78 is 20.4. The summed E-state index contributed by atoms with van der Waals surface area (Å²) in [5.74, 6) is -0.521. The molecule has 1 N–H and O–H groups in total. The highest BCUT2D eigenvalue weighted by Crippen LogP contribution is 2.33. The number of methoxy groups -OCH3 is 1. The minimum Gasteiger partial charge on any atom is -0.380 e. The Morgan fingerprint density at radius 1 is 1.06 bits per heavy atom. The Bertz CT molecular complexity index is 1060. The van der Waals surface area contributed by atoms with Crippen LogP contribution in [0, 0.1) is 5.82 Å². The maximum Gasteiger partial charge on any atom is 0.262 e. The van der Waals surface area contributed by atoms with Crippen LogP contribution in [-0.2, 0) is 24.4 Å². The van der Waals surface area contributed by atoms with Crippen LogP contribution in [0.15, 0.2) is 42.5 Å². The molecule has 0 atom stereocenters. The molecule has 2 heterocycles. The van der Waals surface area contributed by atoms with Crippen molar-refractivity contribution in [3.8, 4) is 0 Å². The van der Waals surface area contributed by atoms with Gasteiger partial charge in [-0.1, -0.05) is 37.3 Å². The first kappa shape index (κ1) is 22.9. The Morgan fingerprint density at radius 3 is 2.44 bits per heavy atom. The highest BCUT2D eigenvalue weighted by atomic mass is 32.1. The van der Waals surface area contributed by atoms with Crippen LogP contribution in [0.1, 0.15) is 33.3 Å². The summed E-state index contributed by atoms with van der Waals surface area (Å²) in [5, 5.41) is 3.46. The molecule has 0 radical (unpaired) electrons. The second-order valence-electron chi connectivity index (χ2n) is 8.17. The molecule has 1 fully saturated rings. The SMILES string of the molecule is CCN1CCN(Cc2ccc(CNC(=O)c3sc4cccc(F)c4c3COC)cc2)CC1. The van der Waals surface area contributed by atoms with Gasteiger partial charge in [0.25, 0.3) is 5.91 Å². The topological polar surface area (TPSA) is 44.8 Å². The fourth-order valence-electron chi connectivity index (χ4n) is 4.18. The Kier molecular flexibility index (Phi) is 7.52. The third-order valence-electron chi connectivity index (χ3n) is 6.05. The van der Waals surface area contributed by atoms with Gasteiger partial charge in [0.15, 0.2) is 0 Å². The van der Waals surface area contributed by atoms with Crippen molar-refractivity contribution in [3.63, 3.8) is 0 Å². The van der Waals surface area contributed by atoms with Gasteiger partial charge in [-0.25, -0.2) is 4.39 Å². The Hall–Kier alpha value is -2.32. The number of hydrogen-bond donors (Lipinski definition) is 1. The molecule has 4 rings (SSSR count). The number of hydrogen-bond acceptors (Lipinski definition) is 5. The lowest BCUT2D eigenvalue weighted by Crippen LogP contribution is -2.45. The lowest BCUT2D eigenvalue weighted by Gasteiger charge is -2.34. The molecule has 3 aromatic rings. The zero-order chi connectivity index (χ0) is 22.5. The number of carbonyl (C=O) groups is 1. The van der Waals surface area contributed by atoms with E-state index in [1.165, 1.54) is 23.0 Å². The number of nitrogens with one attached hydrogen (secondary N) is 1. The molecule has 32 heavy (non-hydrogen) atoms. The number of amides is 1. The van der Waals surface area contributed by atoms with Gasteiger partial charge in [-0.2, -0.15) is 0 Å². The summed E-state index contributed by atoms with van der Waals surface area (Å²) in [6, 6.07) is 13.3. The van der Waals surface area contributed by atoms with Gasteiger partial charge in [0, 0.05) is 62.0 Å². The average Bonchev–Trinajstić information content (AvgIpc) is 3.19. The van der Waals surface area contributed by atoms with E-state index in [1.807, 2.05) is 6.07 Å². The third-order valence-corrected chi connectivity index (χ3v) is 7.25. The number of carbonyl (C=O) groups excluding carboxylic acids is 1. The lowest BCUT2D eigenvalue weighted by atomic mass is 10.1. The highest BCUT2D eigenvalue weighted by molar-refractivity contribution is 7.21. The average molecular weight is 456 g/mol. The third kappa shape index (κ3) is 5.18. The molecule has 0 spiro atoms. The summed E-state index contributed by atoms with van der Waals surface area (Å²) in [6.07, 6.45) is 0. The molecule has 1 aliphatic heterocycles. The normalized spacial score (nSPS) is 15.3. The molecule has 7 heteroatoms. The zero-order valence-corrected chi connectivity index (χ0v) is 19.5. The van der Waals surface area contributed by atoms with Crippen molar-refractivity contribution in [1.29, 1.82) is 0 Å². The van der Waals surface area contributed by atoms with Crippen molar-refractivity contribution in [3.05, 3.63) is 69.8 Å². The van der Waals surface area contributed by atoms with Crippen LogP contribution in [-0.4, -0.2) is 55.5 Å². The van der Waals surface area contributed by atoms with E-state index in [-0.39, 0.29) is 18.3 Å². The van der Waals surface area contributed by atoms with E-state index in [0.717, 1.165) is 49.5 Å². The van der Waals surface area contributed by atoms with Gasteiger partial charge in [0.05, 0.1) is 11.5 Å². The predicted octanol–water partition coefficient (Wildman–Crippen LogP) is 4.25. The zero-order valence-electron chi connectivity index (χ0n) is 18.7. The molecule has 1 amide bonds. The molecule has 1 saturated heterocycles. The Morgan fingerprint density at radius 2 is 1.75 bits per heavy atom. The van der Waals surface area contributed by atoms with E-state index in [1.54, 1.807) is 13.2 Å². The first-order valence-electron chi connectivity index (χ1n) is 11.1. The van der Waals surface area contributed by atoms with Gasteiger partial charge >= 0.3 is 0 Å². The minimum atomic E-state index is -0.323. The second kappa shape index (κ2) is 10.5. The van der Waals surface area contributed by atoms with Gasteiger partial charge in [0.2, 0.25) is 0 Å². The van der Waals surface area contributed by atoms with Crippen LogP contribution in [0.3, 0.4) is 0 Å². The molecule has 5 nitrogen and oxygen atoms in total. The summed E-state index contributed by atoms with van der Waals surface area (Å²) in [4.78, 5) is 18.4. The first-order chi connectivity index (χ1) is 15.6. The van der Waals surface area contributed by atoms with Crippen molar-refractivity contribution in [2.24, 2.45) is 0 Å². The van der Waals surface area contributed by atoms with Crippen molar-refractivity contribution < 1.29 is 13.9 Å². The highest BCUT2D eigenvalue weighted by Gasteiger charge is 2.20. The van der Waals surface area contributed by atoms with Crippen molar-refractivity contribution in [2.75, 3.05) is 39.8 Å². The van der Waals surface area contributed by atoms with Gasteiger partial charge in [0.1, 0.15) is 5.82 Å². The summed E-state index contributed by atoms with van der Waals surface area (Å²) >= 11 is 1.30. The fourth-order valence-corrected chi connectivity index (χ4v) is 5.32. The smallest absolute Gasteiger partial charge is 0.262 e. The maximum atomic E-state index is 14.4. The molecule has 0 bridgehead atoms. The van der Waals surface area contributed by atoms with Gasteiger partial charge in [-0.15, -0.1) is 11.3 Å². The number of benzene rings is 2.